The number of dihydropyridines is 1. The number of rotatable bonds is 5. The lowest BCUT2D eigenvalue weighted by atomic mass is 9.76. The Morgan fingerprint density at radius 2 is 1.68 bits per heavy atom. The van der Waals surface area contributed by atoms with Crippen molar-refractivity contribution in [3.05, 3.63) is 46.7 Å². The maximum Gasteiger partial charge on any atom is 0.342 e. The third-order valence-electron chi connectivity index (χ3n) is 4.89. The molecule has 1 aromatic carbocycles. The molecule has 1 atom stereocenters. The van der Waals surface area contributed by atoms with E-state index in [9.17, 15) is 14.8 Å². The summed E-state index contributed by atoms with van der Waals surface area (Å²) in [6, 6.07) is 7.13. The Labute approximate surface area is 163 Å². The topological polar surface area (TPSA) is 106 Å². The zero-order valence-electron chi connectivity index (χ0n) is 16.7. The summed E-state index contributed by atoms with van der Waals surface area (Å²) in [5.74, 6) is -0.670. The van der Waals surface area contributed by atoms with Crippen LogP contribution in [0.5, 0.6) is 5.75 Å². The minimum absolute atomic E-state index is 0.0337. The van der Waals surface area contributed by atoms with E-state index in [1.165, 1.54) is 21.1 Å². The summed E-state index contributed by atoms with van der Waals surface area (Å²) >= 11 is 0. The largest absolute Gasteiger partial charge is 0.497 e. The number of benzene rings is 1. The van der Waals surface area contributed by atoms with Crippen molar-refractivity contribution in [3.63, 3.8) is 0 Å². The van der Waals surface area contributed by atoms with Crippen LogP contribution in [0, 0.1) is 0 Å². The van der Waals surface area contributed by atoms with E-state index in [4.69, 9.17) is 14.2 Å². The molecule has 0 aromatic heterocycles. The Kier molecular flexibility index (Phi) is 6.12. The highest BCUT2D eigenvalue weighted by atomic mass is 16.5. The minimum atomic E-state index is -1.63. The quantitative estimate of drug-likeness (QED) is 0.345. The molecule has 150 valence electrons. The second kappa shape index (κ2) is 8.16. The summed E-state index contributed by atoms with van der Waals surface area (Å²) in [7, 11) is 4.05. The zero-order valence-corrected chi connectivity index (χ0v) is 16.7. The van der Waals surface area contributed by atoms with Crippen molar-refractivity contribution in [2.24, 2.45) is 5.16 Å². The second-order valence-electron chi connectivity index (χ2n) is 6.27. The van der Waals surface area contributed by atoms with E-state index in [0.29, 0.717) is 22.6 Å². The molecule has 0 bridgehead atoms. The van der Waals surface area contributed by atoms with Crippen LogP contribution in [0.15, 0.2) is 46.3 Å². The first-order valence-corrected chi connectivity index (χ1v) is 8.49. The molecule has 2 rings (SSSR count). The summed E-state index contributed by atoms with van der Waals surface area (Å²) in [5.41, 5.74) is 0.707. The number of esters is 2. The summed E-state index contributed by atoms with van der Waals surface area (Å²) in [6.07, 6.45) is 0. The molecule has 0 unspecified atom stereocenters. The molecule has 0 spiro atoms. The van der Waals surface area contributed by atoms with Gasteiger partial charge in [0.25, 0.3) is 0 Å². The van der Waals surface area contributed by atoms with Crippen LogP contribution in [0.4, 0.5) is 0 Å². The number of hydrogen-bond donors (Lipinski definition) is 2. The molecule has 0 fully saturated rings. The molecule has 0 saturated heterocycles. The van der Waals surface area contributed by atoms with Crippen molar-refractivity contribution in [2.75, 3.05) is 21.3 Å². The van der Waals surface area contributed by atoms with Gasteiger partial charge >= 0.3 is 11.9 Å². The van der Waals surface area contributed by atoms with E-state index < -0.39 is 17.5 Å². The lowest BCUT2D eigenvalue weighted by molar-refractivity contribution is -0.144. The number of carbonyl (C=O) groups excluding carboxylic acids is 2. The van der Waals surface area contributed by atoms with Gasteiger partial charge < -0.3 is 24.7 Å². The maximum absolute atomic E-state index is 12.7. The number of methoxy groups -OCH3 is 3. The molecule has 0 radical (unpaired) electrons. The van der Waals surface area contributed by atoms with Gasteiger partial charge in [0.05, 0.1) is 32.6 Å². The van der Waals surface area contributed by atoms with E-state index in [2.05, 4.69) is 10.5 Å². The highest BCUT2D eigenvalue weighted by molar-refractivity contribution is 6.19. The molecule has 1 heterocycles. The number of hydrogen-bond acceptors (Lipinski definition) is 8. The van der Waals surface area contributed by atoms with E-state index in [-0.39, 0.29) is 11.3 Å². The normalized spacial score (nSPS) is 19.9. The van der Waals surface area contributed by atoms with Crippen LogP contribution >= 0.6 is 0 Å². The highest BCUT2D eigenvalue weighted by Crippen LogP contribution is 2.39. The summed E-state index contributed by atoms with van der Waals surface area (Å²) in [4.78, 5) is 25.4. The Morgan fingerprint density at radius 3 is 2.14 bits per heavy atom. The molecule has 0 aliphatic carbocycles. The average molecular weight is 388 g/mol. The van der Waals surface area contributed by atoms with Crippen LogP contribution < -0.4 is 10.1 Å². The fourth-order valence-electron chi connectivity index (χ4n) is 3.42. The fraction of sp³-hybridized carbons (Fsp3) is 0.350. The van der Waals surface area contributed by atoms with Gasteiger partial charge in [0.1, 0.15) is 5.75 Å². The van der Waals surface area contributed by atoms with Crippen molar-refractivity contribution >= 4 is 23.2 Å². The average Bonchev–Trinajstić information content (AvgIpc) is 2.73. The molecular formula is C20H24N2O6. The molecule has 0 amide bonds. The van der Waals surface area contributed by atoms with Gasteiger partial charge in [-0.05, 0) is 44.0 Å². The van der Waals surface area contributed by atoms with Crippen molar-refractivity contribution < 1.29 is 29.0 Å². The molecular weight excluding hydrogens is 364 g/mol. The highest BCUT2D eigenvalue weighted by Gasteiger charge is 2.50. The van der Waals surface area contributed by atoms with Crippen molar-refractivity contribution in [1.82, 2.24) is 5.32 Å². The predicted molar refractivity (Wildman–Crippen MR) is 103 cm³/mol. The maximum atomic E-state index is 12.7. The Hall–Kier alpha value is -3.29. The van der Waals surface area contributed by atoms with E-state index >= 15 is 0 Å². The van der Waals surface area contributed by atoms with Gasteiger partial charge in [-0.2, -0.15) is 0 Å². The van der Waals surface area contributed by atoms with Gasteiger partial charge in [0.2, 0.25) is 0 Å². The summed E-state index contributed by atoms with van der Waals surface area (Å²) in [6.45, 7) is 4.78. The van der Waals surface area contributed by atoms with Gasteiger partial charge in [0.15, 0.2) is 5.54 Å². The molecule has 2 N–H and O–H groups in total. The molecule has 1 aliphatic rings. The predicted octanol–water partition coefficient (Wildman–Crippen LogP) is 2.28. The number of oxime groups is 1. The van der Waals surface area contributed by atoms with Crippen LogP contribution in [0.3, 0.4) is 0 Å². The number of ether oxygens (including phenoxy) is 3. The zero-order chi connectivity index (χ0) is 21.1. The molecule has 1 aliphatic heterocycles. The van der Waals surface area contributed by atoms with Gasteiger partial charge in [-0.1, -0.05) is 17.3 Å². The van der Waals surface area contributed by atoms with E-state index in [1.54, 1.807) is 45.2 Å². The summed E-state index contributed by atoms with van der Waals surface area (Å²) in [5, 5.41) is 15.7. The van der Waals surface area contributed by atoms with Crippen LogP contribution in [-0.4, -0.2) is 49.7 Å². The van der Waals surface area contributed by atoms with Crippen molar-refractivity contribution in [3.8, 4) is 5.75 Å². The van der Waals surface area contributed by atoms with Crippen LogP contribution in [0.1, 0.15) is 26.3 Å². The number of carbonyl (C=O) groups is 2. The molecule has 0 saturated carbocycles. The first-order chi connectivity index (χ1) is 13.3. The first kappa shape index (κ1) is 21.0. The first-order valence-electron chi connectivity index (χ1n) is 8.49. The van der Waals surface area contributed by atoms with Gasteiger partial charge in [-0.25, -0.2) is 9.59 Å². The Bertz CT molecular complexity index is 882. The number of allylic oxidation sites excluding steroid dienone is 1. The van der Waals surface area contributed by atoms with Crippen LogP contribution in [0.25, 0.3) is 5.57 Å². The van der Waals surface area contributed by atoms with Crippen LogP contribution in [0.2, 0.25) is 0 Å². The SMILES string of the molecule is COC(=O)C1=C(C)[C@@](C(=O)OC)(/C(C)=N/O)NC(C)=C1c1ccc(OC)cc1. The van der Waals surface area contributed by atoms with E-state index in [1.807, 2.05) is 0 Å². The lowest BCUT2D eigenvalue weighted by Gasteiger charge is -2.39. The molecule has 8 heteroatoms. The smallest absolute Gasteiger partial charge is 0.342 e. The van der Waals surface area contributed by atoms with Crippen molar-refractivity contribution in [2.45, 2.75) is 26.3 Å². The Balaban J connectivity index is 2.82. The van der Waals surface area contributed by atoms with Gasteiger partial charge in [-0.3, -0.25) is 0 Å². The van der Waals surface area contributed by atoms with Gasteiger partial charge in [0, 0.05) is 11.3 Å². The monoisotopic (exact) mass is 388 g/mol. The molecule has 8 nitrogen and oxygen atoms in total. The minimum Gasteiger partial charge on any atom is -0.497 e. The number of nitrogens with one attached hydrogen (secondary N) is 1. The second-order valence-corrected chi connectivity index (χ2v) is 6.27. The van der Waals surface area contributed by atoms with E-state index in [0.717, 1.165) is 5.56 Å². The van der Waals surface area contributed by atoms with Crippen molar-refractivity contribution in [1.29, 1.82) is 0 Å². The van der Waals surface area contributed by atoms with Gasteiger partial charge in [-0.15, -0.1) is 0 Å². The molecule has 1 aromatic rings. The standard InChI is InChI=1S/C20H24N2O6/c1-11-16(18(23)27-5)17(14-7-9-15(26-4)10-8-14)12(2)21-20(11,13(3)22-25)19(24)28-6/h7-10,21,25H,1-6H3/b22-13+/t20-/m0/s1. The third kappa shape index (κ3) is 3.21. The lowest BCUT2D eigenvalue weighted by Crippen LogP contribution is -2.60. The number of nitrogens with zero attached hydrogens (tertiary/aromatic N) is 1. The Morgan fingerprint density at radius 1 is 1.07 bits per heavy atom. The third-order valence-corrected chi connectivity index (χ3v) is 4.89. The molecule has 28 heavy (non-hydrogen) atoms. The summed E-state index contributed by atoms with van der Waals surface area (Å²) < 4.78 is 15.1. The van der Waals surface area contributed by atoms with Crippen LogP contribution in [-0.2, 0) is 19.1 Å². The fourth-order valence-corrected chi connectivity index (χ4v) is 3.42.